The van der Waals surface area contributed by atoms with Gasteiger partial charge in [0.25, 0.3) is 5.91 Å². The molecular weight excluding hydrogens is 468 g/mol. The van der Waals surface area contributed by atoms with Crippen molar-refractivity contribution in [2.45, 2.75) is 32.9 Å². The molecule has 0 bridgehead atoms. The lowest BCUT2D eigenvalue weighted by atomic mass is 9.98. The Balaban J connectivity index is 1.25. The van der Waals surface area contributed by atoms with Gasteiger partial charge < -0.3 is 14.8 Å². The molecule has 5 nitrogen and oxygen atoms in total. The molecule has 2 aromatic heterocycles. The third kappa shape index (κ3) is 4.34. The number of aryl methyl sites for hydroxylation is 1. The fraction of sp³-hybridized carbons (Fsp3) is 0.212. The molecule has 0 unspecified atom stereocenters. The molecule has 3 heterocycles. The minimum Gasteiger partial charge on any atom is -0.374 e. The molecule has 0 fully saturated rings. The molecule has 0 saturated heterocycles. The van der Waals surface area contributed by atoms with Crippen LogP contribution in [-0.4, -0.2) is 29.1 Å². The Morgan fingerprint density at radius 1 is 0.974 bits per heavy atom. The van der Waals surface area contributed by atoms with Crippen LogP contribution in [0.2, 0.25) is 0 Å². The summed E-state index contributed by atoms with van der Waals surface area (Å²) in [7, 11) is 2.08. The molecule has 38 heavy (non-hydrogen) atoms. The van der Waals surface area contributed by atoms with Crippen molar-refractivity contribution in [2.24, 2.45) is 0 Å². The SMILES string of the molecule is Cc1c(C)n(Cc2ccc(-c3ccccc3)cc2)c2ccc(C(=O)N[C@H]3CCN(C)c4ccncc43)cc12. The number of anilines is 1. The molecular formula is C33H32N4O. The van der Waals surface area contributed by atoms with Crippen molar-refractivity contribution < 1.29 is 4.79 Å². The van der Waals surface area contributed by atoms with Crippen LogP contribution in [0.3, 0.4) is 0 Å². The average Bonchev–Trinajstić information content (AvgIpc) is 3.19. The molecule has 1 aliphatic rings. The van der Waals surface area contributed by atoms with E-state index in [1.165, 1.54) is 27.9 Å². The Labute approximate surface area is 223 Å². The summed E-state index contributed by atoms with van der Waals surface area (Å²) < 4.78 is 2.35. The van der Waals surface area contributed by atoms with Crippen LogP contribution >= 0.6 is 0 Å². The second-order valence-corrected chi connectivity index (χ2v) is 10.3. The quantitative estimate of drug-likeness (QED) is 0.293. The summed E-state index contributed by atoms with van der Waals surface area (Å²) >= 11 is 0. The number of hydrogen-bond donors (Lipinski definition) is 1. The van der Waals surface area contributed by atoms with E-state index in [1.54, 1.807) is 6.20 Å². The van der Waals surface area contributed by atoms with Crippen molar-refractivity contribution in [1.29, 1.82) is 0 Å². The van der Waals surface area contributed by atoms with E-state index in [4.69, 9.17) is 0 Å². The zero-order valence-corrected chi connectivity index (χ0v) is 22.1. The topological polar surface area (TPSA) is 50.2 Å². The maximum Gasteiger partial charge on any atom is 0.251 e. The van der Waals surface area contributed by atoms with Gasteiger partial charge in [0, 0.05) is 65.9 Å². The largest absolute Gasteiger partial charge is 0.374 e. The molecule has 5 heteroatoms. The van der Waals surface area contributed by atoms with E-state index in [-0.39, 0.29) is 11.9 Å². The minimum absolute atomic E-state index is 0.0376. The van der Waals surface area contributed by atoms with E-state index < -0.39 is 0 Å². The van der Waals surface area contributed by atoms with Crippen LogP contribution in [0, 0.1) is 13.8 Å². The first kappa shape index (κ1) is 24.0. The Morgan fingerprint density at radius 3 is 2.53 bits per heavy atom. The van der Waals surface area contributed by atoms with E-state index in [2.05, 4.69) is 95.3 Å². The number of nitrogens with zero attached hydrogens (tertiary/aromatic N) is 3. The molecule has 190 valence electrons. The zero-order chi connectivity index (χ0) is 26.2. The predicted octanol–water partition coefficient (Wildman–Crippen LogP) is 6.68. The monoisotopic (exact) mass is 500 g/mol. The van der Waals surface area contributed by atoms with E-state index in [1.807, 2.05) is 30.5 Å². The number of carbonyl (C=O) groups excluding carboxylic acids is 1. The van der Waals surface area contributed by atoms with E-state index >= 15 is 0 Å². The van der Waals surface area contributed by atoms with Gasteiger partial charge >= 0.3 is 0 Å². The lowest BCUT2D eigenvalue weighted by Crippen LogP contribution is -2.36. The Bertz CT molecular complexity index is 1620. The molecule has 1 amide bonds. The van der Waals surface area contributed by atoms with Gasteiger partial charge in [0.2, 0.25) is 0 Å². The molecule has 1 N–H and O–H groups in total. The number of benzene rings is 3. The lowest BCUT2D eigenvalue weighted by molar-refractivity contribution is 0.0934. The highest BCUT2D eigenvalue weighted by Crippen LogP contribution is 2.33. The molecule has 5 aromatic rings. The summed E-state index contributed by atoms with van der Waals surface area (Å²) in [6, 6.07) is 27.3. The van der Waals surface area contributed by atoms with Crippen molar-refractivity contribution in [3.8, 4) is 11.1 Å². The summed E-state index contributed by atoms with van der Waals surface area (Å²) in [5.74, 6) is -0.0439. The predicted molar refractivity (Wildman–Crippen MR) is 155 cm³/mol. The first-order valence-electron chi connectivity index (χ1n) is 13.2. The van der Waals surface area contributed by atoms with Crippen molar-refractivity contribution >= 4 is 22.5 Å². The summed E-state index contributed by atoms with van der Waals surface area (Å²) in [5, 5.41) is 4.39. The van der Waals surface area contributed by atoms with Crippen molar-refractivity contribution in [1.82, 2.24) is 14.9 Å². The van der Waals surface area contributed by atoms with Gasteiger partial charge in [-0.3, -0.25) is 9.78 Å². The molecule has 6 rings (SSSR count). The number of pyridine rings is 1. The van der Waals surface area contributed by atoms with Crippen molar-refractivity contribution in [2.75, 3.05) is 18.5 Å². The van der Waals surface area contributed by atoms with Gasteiger partial charge in [-0.15, -0.1) is 0 Å². The van der Waals surface area contributed by atoms with E-state index in [0.717, 1.165) is 41.7 Å². The van der Waals surface area contributed by atoms with Gasteiger partial charge in [-0.2, -0.15) is 0 Å². The summed E-state index contributed by atoms with van der Waals surface area (Å²) in [6.07, 6.45) is 4.54. The second-order valence-electron chi connectivity index (χ2n) is 10.3. The number of nitrogens with one attached hydrogen (secondary N) is 1. The molecule has 0 aliphatic carbocycles. The molecule has 1 aliphatic heterocycles. The standard InChI is InChI=1S/C33H32N4O/c1-22-23(2)37(21-24-9-11-26(12-10-24)25-7-5-4-6-8-25)32-14-13-27(19-28(22)32)33(38)35-30-16-18-36(3)31-15-17-34-20-29(30)31/h4-15,17,19-20,30H,16,18,21H2,1-3H3,(H,35,38)/t30-/m0/s1. The number of fused-ring (bicyclic) bond motifs is 2. The average molecular weight is 501 g/mol. The Kier molecular flexibility index (Phi) is 6.20. The van der Waals surface area contributed by atoms with Crippen molar-refractivity contribution in [3.63, 3.8) is 0 Å². The van der Waals surface area contributed by atoms with Gasteiger partial charge in [-0.25, -0.2) is 0 Å². The molecule has 1 atom stereocenters. The smallest absolute Gasteiger partial charge is 0.251 e. The third-order valence-corrected chi connectivity index (χ3v) is 7.98. The highest BCUT2D eigenvalue weighted by Gasteiger charge is 2.25. The molecule has 3 aromatic carbocycles. The minimum atomic E-state index is -0.0439. The second kappa shape index (κ2) is 9.82. The number of aromatic nitrogens is 2. The van der Waals surface area contributed by atoms with Crippen LogP contribution in [0.5, 0.6) is 0 Å². The zero-order valence-electron chi connectivity index (χ0n) is 22.1. The summed E-state index contributed by atoms with van der Waals surface area (Å²) in [5.41, 5.74) is 10.2. The van der Waals surface area contributed by atoms with Gasteiger partial charge in [0.05, 0.1) is 6.04 Å². The normalized spacial score (nSPS) is 14.9. The first-order chi connectivity index (χ1) is 18.5. The Morgan fingerprint density at radius 2 is 1.74 bits per heavy atom. The van der Waals surface area contributed by atoms with Crippen LogP contribution in [0.15, 0.2) is 91.3 Å². The third-order valence-electron chi connectivity index (χ3n) is 7.98. The summed E-state index contributed by atoms with van der Waals surface area (Å²) in [6.45, 7) is 5.99. The number of carbonyl (C=O) groups is 1. The maximum atomic E-state index is 13.3. The molecule has 0 radical (unpaired) electrons. The van der Waals surface area contributed by atoms with Gasteiger partial charge in [0.15, 0.2) is 0 Å². The highest BCUT2D eigenvalue weighted by atomic mass is 16.1. The fourth-order valence-electron chi connectivity index (χ4n) is 5.62. The van der Waals surface area contributed by atoms with Gasteiger partial charge in [-0.1, -0.05) is 54.6 Å². The van der Waals surface area contributed by atoms with Crippen LogP contribution in [-0.2, 0) is 6.54 Å². The van der Waals surface area contributed by atoms with Crippen LogP contribution < -0.4 is 10.2 Å². The number of hydrogen-bond acceptors (Lipinski definition) is 3. The fourth-order valence-corrected chi connectivity index (χ4v) is 5.62. The lowest BCUT2D eigenvalue weighted by Gasteiger charge is -2.33. The van der Waals surface area contributed by atoms with Crippen LogP contribution in [0.4, 0.5) is 5.69 Å². The number of amides is 1. The number of rotatable bonds is 5. The van der Waals surface area contributed by atoms with Gasteiger partial charge in [0.1, 0.15) is 0 Å². The van der Waals surface area contributed by atoms with Gasteiger partial charge in [-0.05, 0) is 66.8 Å². The molecule has 0 spiro atoms. The van der Waals surface area contributed by atoms with E-state index in [0.29, 0.717) is 5.56 Å². The first-order valence-corrected chi connectivity index (χ1v) is 13.2. The molecule has 0 saturated carbocycles. The highest BCUT2D eigenvalue weighted by molar-refractivity contribution is 5.99. The van der Waals surface area contributed by atoms with Crippen LogP contribution in [0.25, 0.3) is 22.0 Å². The van der Waals surface area contributed by atoms with Crippen LogP contribution in [0.1, 0.15) is 45.2 Å². The van der Waals surface area contributed by atoms with Crippen molar-refractivity contribution in [3.05, 3.63) is 119 Å². The maximum absolute atomic E-state index is 13.3. The van der Waals surface area contributed by atoms with E-state index in [9.17, 15) is 4.79 Å². The Hall–Kier alpha value is -4.38. The summed E-state index contributed by atoms with van der Waals surface area (Å²) in [4.78, 5) is 19.9.